The van der Waals surface area contributed by atoms with Crippen LogP contribution in [0.15, 0.2) is 0 Å². The number of rotatable bonds is 5. The molecule has 0 heterocycles. The Bertz CT molecular complexity index is 159. The van der Waals surface area contributed by atoms with Crippen LogP contribution in [0.4, 0.5) is 0 Å². The monoisotopic (exact) mass is 174 g/mol. The molecule has 0 saturated carbocycles. The van der Waals surface area contributed by atoms with Crippen molar-refractivity contribution in [2.75, 3.05) is 0 Å². The highest BCUT2D eigenvalue weighted by Gasteiger charge is 2.16. The molecule has 1 amide bonds. The first-order valence-electron chi connectivity index (χ1n) is 3.73. The molecule has 1 atom stereocenters. The van der Waals surface area contributed by atoms with Gasteiger partial charge in [0.2, 0.25) is 6.41 Å². The number of carbonyl (C=O) groups excluding carboxylic acids is 2. The minimum absolute atomic E-state index is 0.278. The van der Waals surface area contributed by atoms with Crippen molar-refractivity contribution in [3.63, 3.8) is 0 Å². The lowest BCUT2D eigenvalue weighted by Crippen LogP contribution is -2.36. The van der Waals surface area contributed by atoms with E-state index in [1.165, 1.54) is 0 Å². The lowest BCUT2D eigenvalue weighted by atomic mass is 10.1. The number of hydrogen-bond donors (Lipinski definition) is 2. The molecule has 0 saturated heterocycles. The SMILES string of the molecule is CC(C)C[C@H](N)C(=O)ONC=O. The first-order valence-corrected chi connectivity index (χ1v) is 3.73. The Hall–Kier alpha value is -1.10. The van der Waals surface area contributed by atoms with Gasteiger partial charge in [-0.2, -0.15) is 5.48 Å². The van der Waals surface area contributed by atoms with Gasteiger partial charge < -0.3 is 10.6 Å². The molecule has 0 unspecified atom stereocenters. The second-order valence-electron chi connectivity index (χ2n) is 2.89. The summed E-state index contributed by atoms with van der Waals surface area (Å²) in [5.74, 6) is -0.292. The molecule has 3 N–H and O–H groups in total. The summed E-state index contributed by atoms with van der Waals surface area (Å²) in [5, 5.41) is 0. The number of carbonyl (C=O) groups is 2. The highest BCUT2D eigenvalue weighted by Crippen LogP contribution is 2.02. The third-order valence-electron chi connectivity index (χ3n) is 1.24. The third-order valence-corrected chi connectivity index (χ3v) is 1.24. The number of hydroxylamine groups is 1. The van der Waals surface area contributed by atoms with Crippen LogP contribution in [-0.4, -0.2) is 18.4 Å². The van der Waals surface area contributed by atoms with Crippen LogP contribution in [-0.2, 0) is 14.4 Å². The average Bonchev–Trinajstić information content (AvgIpc) is 1.98. The molecule has 0 aliphatic carbocycles. The molecule has 0 rings (SSSR count). The summed E-state index contributed by atoms with van der Waals surface area (Å²) in [4.78, 5) is 24.9. The van der Waals surface area contributed by atoms with Crippen LogP contribution >= 0.6 is 0 Å². The van der Waals surface area contributed by atoms with Crippen LogP contribution in [0.1, 0.15) is 20.3 Å². The molecule has 0 aromatic rings. The van der Waals surface area contributed by atoms with Crippen molar-refractivity contribution in [2.24, 2.45) is 11.7 Å². The van der Waals surface area contributed by atoms with Gasteiger partial charge in [-0.3, -0.25) is 4.79 Å². The molecular formula is C7H14N2O3. The van der Waals surface area contributed by atoms with E-state index in [2.05, 4.69) is 4.84 Å². The smallest absolute Gasteiger partial charge is 0.339 e. The Morgan fingerprint density at radius 3 is 2.67 bits per heavy atom. The van der Waals surface area contributed by atoms with Crippen molar-refractivity contribution >= 4 is 12.4 Å². The first-order chi connectivity index (χ1) is 5.57. The summed E-state index contributed by atoms with van der Waals surface area (Å²) in [6, 6.07) is -0.669. The van der Waals surface area contributed by atoms with E-state index in [-0.39, 0.29) is 6.41 Å². The van der Waals surface area contributed by atoms with Gasteiger partial charge in [0.1, 0.15) is 6.04 Å². The number of amides is 1. The maximum Gasteiger partial charge on any atom is 0.348 e. The zero-order valence-electron chi connectivity index (χ0n) is 7.24. The number of nitrogens with two attached hydrogens (primary N) is 1. The molecule has 0 aliphatic heterocycles. The molecular weight excluding hydrogens is 160 g/mol. The molecule has 5 heteroatoms. The molecule has 12 heavy (non-hydrogen) atoms. The molecule has 0 bridgehead atoms. The second kappa shape index (κ2) is 5.54. The summed E-state index contributed by atoms with van der Waals surface area (Å²) in [6.07, 6.45) is 0.819. The highest BCUT2D eigenvalue weighted by atomic mass is 16.7. The van der Waals surface area contributed by atoms with E-state index in [1.54, 1.807) is 5.48 Å². The van der Waals surface area contributed by atoms with Gasteiger partial charge in [-0.1, -0.05) is 13.8 Å². The van der Waals surface area contributed by atoms with Crippen molar-refractivity contribution in [3.8, 4) is 0 Å². The Kier molecular flexibility index (Phi) is 5.03. The van der Waals surface area contributed by atoms with Crippen molar-refractivity contribution in [1.29, 1.82) is 0 Å². The minimum Gasteiger partial charge on any atom is -0.339 e. The van der Waals surface area contributed by atoms with Crippen LogP contribution in [0, 0.1) is 5.92 Å². The van der Waals surface area contributed by atoms with E-state index < -0.39 is 12.0 Å². The van der Waals surface area contributed by atoms with Crippen molar-refractivity contribution in [3.05, 3.63) is 0 Å². The molecule has 5 nitrogen and oxygen atoms in total. The number of hydrogen-bond acceptors (Lipinski definition) is 4. The second-order valence-corrected chi connectivity index (χ2v) is 2.89. The zero-order valence-corrected chi connectivity index (χ0v) is 7.24. The van der Waals surface area contributed by atoms with E-state index in [9.17, 15) is 9.59 Å². The average molecular weight is 174 g/mol. The van der Waals surface area contributed by atoms with Crippen molar-refractivity contribution < 1.29 is 14.4 Å². The van der Waals surface area contributed by atoms with Crippen molar-refractivity contribution in [1.82, 2.24) is 5.48 Å². The van der Waals surface area contributed by atoms with Crippen LogP contribution in [0.5, 0.6) is 0 Å². The predicted molar refractivity (Wildman–Crippen MR) is 42.7 cm³/mol. The van der Waals surface area contributed by atoms with Crippen LogP contribution in [0.3, 0.4) is 0 Å². The van der Waals surface area contributed by atoms with Crippen LogP contribution in [0.25, 0.3) is 0 Å². The van der Waals surface area contributed by atoms with Gasteiger partial charge in [0.25, 0.3) is 0 Å². The third kappa shape index (κ3) is 4.68. The van der Waals surface area contributed by atoms with Gasteiger partial charge in [-0.05, 0) is 12.3 Å². The summed E-state index contributed by atoms with van der Waals surface area (Å²) >= 11 is 0. The zero-order chi connectivity index (χ0) is 9.56. The maximum absolute atomic E-state index is 10.9. The lowest BCUT2D eigenvalue weighted by molar-refractivity contribution is -0.156. The van der Waals surface area contributed by atoms with Gasteiger partial charge >= 0.3 is 5.97 Å². The van der Waals surface area contributed by atoms with Gasteiger partial charge in [-0.25, -0.2) is 4.79 Å². The molecule has 0 fully saturated rings. The Morgan fingerprint density at radius 2 is 2.25 bits per heavy atom. The summed E-state index contributed by atoms with van der Waals surface area (Å²) in [5.41, 5.74) is 7.22. The summed E-state index contributed by atoms with van der Waals surface area (Å²) in [7, 11) is 0. The quantitative estimate of drug-likeness (QED) is 0.437. The van der Waals surface area contributed by atoms with Crippen LogP contribution in [0.2, 0.25) is 0 Å². The minimum atomic E-state index is -0.669. The number of nitrogens with one attached hydrogen (secondary N) is 1. The Morgan fingerprint density at radius 1 is 1.67 bits per heavy atom. The standard InChI is InChI=1S/C7H14N2O3/c1-5(2)3-6(8)7(11)12-9-4-10/h4-6H,3,8H2,1-2H3,(H,9,10)/t6-/m0/s1. The normalized spacial score (nSPS) is 12.3. The van der Waals surface area contributed by atoms with E-state index in [4.69, 9.17) is 5.73 Å². The van der Waals surface area contributed by atoms with Crippen molar-refractivity contribution in [2.45, 2.75) is 26.3 Å². The molecule has 0 aromatic heterocycles. The molecule has 70 valence electrons. The highest BCUT2D eigenvalue weighted by molar-refractivity contribution is 5.75. The fourth-order valence-electron chi connectivity index (χ4n) is 0.762. The lowest BCUT2D eigenvalue weighted by Gasteiger charge is -2.11. The van der Waals surface area contributed by atoms with Gasteiger partial charge in [-0.15, -0.1) is 0 Å². The van der Waals surface area contributed by atoms with E-state index >= 15 is 0 Å². The fourth-order valence-corrected chi connectivity index (χ4v) is 0.762. The predicted octanol–water partition coefficient (Wildman–Crippen LogP) is -0.436. The molecule has 0 spiro atoms. The first kappa shape index (κ1) is 10.9. The topological polar surface area (TPSA) is 81.4 Å². The van der Waals surface area contributed by atoms with Crippen LogP contribution < -0.4 is 11.2 Å². The largest absolute Gasteiger partial charge is 0.348 e. The van der Waals surface area contributed by atoms with Gasteiger partial charge in [0, 0.05) is 0 Å². The Labute approximate surface area is 71.2 Å². The Balaban J connectivity index is 3.68. The summed E-state index contributed by atoms with van der Waals surface area (Å²) in [6.45, 7) is 3.89. The van der Waals surface area contributed by atoms with E-state index in [0.717, 1.165) is 0 Å². The molecule has 0 radical (unpaired) electrons. The maximum atomic E-state index is 10.9. The van der Waals surface area contributed by atoms with E-state index in [1.807, 2.05) is 13.8 Å². The fraction of sp³-hybridized carbons (Fsp3) is 0.714. The molecule has 0 aliphatic rings. The molecule has 0 aromatic carbocycles. The van der Waals surface area contributed by atoms with E-state index in [0.29, 0.717) is 12.3 Å². The summed E-state index contributed by atoms with van der Waals surface area (Å²) < 4.78 is 0. The van der Waals surface area contributed by atoms with Gasteiger partial charge in [0.15, 0.2) is 0 Å². The van der Waals surface area contributed by atoms with Gasteiger partial charge in [0.05, 0.1) is 0 Å².